The predicted molar refractivity (Wildman–Crippen MR) is 98.2 cm³/mol. The summed E-state index contributed by atoms with van der Waals surface area (Å²) in [5.41, 5.74) is 1.21. The molecule has 0 atom stereocenters. The molecule has 1 aromatic heterocycles. The zero-order valence-corrected chi connectivity index (χ0v) is 16.5. The Labute approximate surface area is 152 Å². The fourth-order valence-electron chi connectivity index (χ4n) is 1.77. The Kier molecular flexibility index (Phi) is 6.16. The van der Waals surface area contributed by atoms with Gasteiger partial charge >= 0.3 is 10.2 Å². The Morgan fingerprint density at radius 1 is 1.12 bits per heavy atom. The van der Waals surface area contributed by atoms with Crippen molar-refractivity contribution in [2.24, 2.45) is 0 Å². The maximum atomic E-state index is 12.3. The molecule has 0 aliphatic carbocycles. The van der Waals surface area contributed by atoms with Gasteiger partial charge in [-0.25, -0.2) is 18.1 Å². The van der Waals surface area contributed by atoms with E-state index in [2.05, 4.69) is 14.4 Å². The highest BCUT2D eigenvalue weighted by atomic mass is 32.2. The quantitative estimate of drug-likeness (QED) is 0.691. The Hall–Kier alpha value is -1.53. The highest BCUT2D eigenvalue weighted by molar-refractivity contribution is 7.90. The van der Waals surface area contributed by atoms with Gasteiger partial charge in [0.1, 0.15) is 5.01 Å². The number of aryl methyl sites for hydroxylation is 1. The summed E-state index contributed by atoms with van der Waals surface area (Å²) in [6.45, 7) is 2.09. The first-order valence-corrected chi connectivity index (χ1v) is 11.2. The van der Waals surface area contributed by atoms with E-state index in [4.69, 9.17) is 0 Å². The van der Waals surface area contributed by atoms with Gasteiger partial charge in [0, 0.05) is 25.2 Å². The van der Waals surface area contributed by atoms with Gasteiger partial charge in [-0.05, 0) is 30.7 Å². The van der Waals surface area contributed by atoms with Crippen molar-refractivity contribution >= 4 is 37.3 Å². The number of sulfonamides is 1. The van der Waals surface area contributed by atoms with Crippen LogP contribution in [-0.2, 0) is 33.2 Å². The van der Waals surface area contributed by atoms with Gasteiger partial charge < -0.3 is 0 Å². The molecule has 1 heterocycles. The molecule has 0 saturated heterocycles. The molecule has 2 rings (SSSR count). The van der Waals surface area contributed by atoms with Gasteiger partial charge in [-0.1, -0.05) is 6.92 Å². The van der Waals surface area contributed by atoms with E-state index in [1.165, 1.54) is 49.7 Å². The van der Waals surface area contributed by atoms with Crippen LogP contribution in [0.25, 0.3) is 0 Å². The molecule has 11 heteroatoms. The highest BCUT2D eigenvalue weighted by Crippen LogP contribution is 2.17. The summed E-state index contributed by atoms with van der Waals surface area (Å²) < 4.78 is 54.0. The van der Waals surface area contributed by atoms with Crippen LogP contribution in [-0.4, -0.2) is 40.2 Å². The Balaban J connectivity index is 2.07. The van der Waals surface area contributed by atoms with Gasteiger partial charge in [-0.15, -0.1) is 11.3 Å². The lowest BCUT2D eigenvalue weighted by molar-refractivity contribution is 0.527. The fourth-order valence-corrected chi connectivity index (χ4v) is 4.29. The van der Waals surface area contributed by atoms with Gasteiger partial charge in [0.15, 0.2) is 0 Å². The standard InChI is InChI=1S/C14H20N4O4S3/c1-4-11-10-23-14(16-11)9-15-24(19,20)13-7-5-12(6-8-13)17-25(21,22)18(2)3/h5-8,10,15,17H,4,9H2,1-3H3. The summed E-state index contributed by atoms with van der Waals surface area (Å²) in [5, 5.41) is 2.59. The van der Waals surface area contributed by atoms with E-state index in [9.17, 15) is 16.8 Å². The molecule has 8 nitrogen and oxygen atoms in total. The van der Waals surface area contributed by atoms with Crippen LogP contribution in [0.4, 0.5) is 5.69 Å². The minimum absolute atomic E-state index is 0.0487. The molecule has 0 bridgehead atoms. The molecule has 1 aromatic carbocycles. The molecule has 0 aliphatic heterocycles. The Morgan fingerprint density at radius 3 is 2.28 bits per heavy atom. The van der Waals surface area contributed by atoms with Gasteiger partial charge in [-0.2, -0.15) is 12.7 Å². The smallest absolute Gasteiger partial charge is 0.271 e. The average molecular weight is 405 g/mol. The lowest BCUT2D eigenvalue weighted by atomic mass is 10.3. The maximum Gasteiger partial charge on any atom is 0.301 e. The number of thiazole rings is 1. The van der Waals surface area contributed by atoms with Crippen LogP contribution in [0.2, 0.25) is 0 Å². The third-order valence-electron chi connectivity index (χ3n) is 3.27. The number of hydrogen-bond donors (Lipinski definition) is 2. The highest BCUT2D eigenvalue weighted by Gasteiger charge is 2.16. The molecule has 2 aromatic rings. The van der Waals surface area contributed by atoms with Crippen molar-refractivity contribution in [3.8, 4) is 0 Å². The van der Waals surface area contributed by atoms with E-state index < -0.39 is 20.2 Å². The lowest BCUT2D eigenvalue weighted by Gasteiger charge is -2.13. The number of rotatable bonds is 8. The van der Waals surface area contributed by atoms with Gasteiger partial charge in [0.2, 0.25) is 10.0 Å². The molecule has 0 aliphatic rings. The summed E-state index contributed by atoms with van der Waals surface area (Å²) >= 11 is 1.40. The van der Waals surface area contributed by atoms with Crippen LogP contribution in [0, 0.1) is 0 Å². The maximum absolute atomic E-state index is 12.3. The van der Waals surface area contributed by atoms with Crippen molar-refractivity contribution in [1.82, 2.24) is 14.0 Å². The van der Waals surface area contributed by atoms with Crippen molar-refractivity contribution < 1.29 is 16.8 Å². The van der Waals surface area contributed by atoms with Crippen LogP contribution in [0.1, 0.15) is 17.6 Å². The first kappa shape index (κ1) is 19.8. The summed E-state index contributed by atoms with van der Waals surface area (Å²) in [5.74, 6) is 0. The van der Waals surface area contributed by atoms with Crippen molar-refractivity contribution in [2.75, 3.05) is 18.8 Å². The van der Waals surface area contributed by atoms with Crippen LogP contribution >= 0.6 is 11.3 Å². The summed E-state index contributed by atoms with van der Waals surface area (Å²) in [6, 6.07) is 5.48. The topological polar surface area (TPSA) is 108 Å². The number of anilines is 1. The van der Waals surface area contributed by atoms with E-state index in [0.29, 0.717) is 5.01 Å². The second-order valence-electron chi connectivity index (χ2n) is 5.32. The molecule has 25 heavy (non-hydrogen) atoms. The fraction of sp³-hybridized carbons (Fsp3) is 0.357. The van der Waals surface area contributed by atoms with Crippen LogP contribution < -0.4 is 9.44 Å². The van der Waals surface area contributed by atoms with E-state index in [-0.39, 0.29) is 17.1 Å². The van der Waals surface area contributed by atoms with Gasteiger partial charge in [0.25, 0.3) is 0 Å². The van der Waals surface area contributed by atoms with E-state index in [1.54, 1.807) is 0 Å². The predicted octanol–water partition coefficient (Wildman–Crippen LogP) is 1.40. The molecule has 138 valence electrons. The first-order chi connectivity index (χ1) is 11.6. The zero-order valence-electron chi connectivity index (χ0n) is 14.1. The van der Waals surface area contributed by atoms with Crippen molar-refractivity contribution in [3.63, 3.8) is 0 Å². The Bertz CT molecular complexity index is 919. The normalized spacial score (nSPS) is 12.5. The van der Waals surface area contributed by atoms with E-state index in [1.807, 2.05) is 12.3 Å². The Morgan fingerprint density at radius 2 is 1.76 bits per heavy atom. The number of nitrogens with one attached hydrogen (secondary N) is 2. The third-order valence-corrected chi connectivity index (χ3v) is 7.04. The molecular formula is C14H20N4O4S3. The largest absolute Gasteiger partial charge is 0.301 e. The van der Waals surface area contributed by atoms with E-state index >= 15 is 0 Å². The lowest BCUT2D eigenvalue weighted by Crippen LogP contribution is -2.29. The summed E-state index contributed by atoms with van der Waals surface area (Å²) in [4.78, 5) is 4.36. The second kappa shape index (κ2) is 7.79. The monoisotopic (exact) mass is 404 g/mol. The van der Waals surface area contributed by atoms with Crippen molar-refractivity contribution in [1.29, 1.82) is 0 Å². The van der Waals surface area contributed by atoms with E-state index in [0.717, 1.165) is 16.4 Å². The number of nitrogens with zero attached hydrogens (tertiary/aromatic N) is 2. The van der Waals surface area contributed by atoms with Gasteiger partial charge in [-0.3, -0.25) is 4.72 Å². The number of aromatic nitrogens is 1. The number of benzene rings is 1. The number of hydrogen-bond acceptors (Lipinski definition) is 6. The molecule has 0 spiro atoms. The van der Waals surface area contributed by atoms with Gasteiger partial charge in [0.05, 0.1) is 17.1 Å². The zero-order chi connectivity index (χ0) is 18.7. The first-order valence-electron chi connectivity index (χ1n) is 7.37. The molecule has 2 N–H and O–H groups in total. The second-order valence-corrected chi connectivity index (χ2v) is 9.92. The molecule has 0 unspecified atom stereocenters. The minimum Gasteiger partial charge on any atom is -0.271 e. The molecule has 0 fully saturated rings. The molecular weight excluding hydrogens is 384 g/mol. The van der Waals surface area contributed by atoms with Crippen LogP contribution in [0.5, 0.6) is 0 Å². The van der Waals surface area contributed by atoms with Crippen LogP contribution in [0.15, 0.2) is 34.5 Å². The SMILES string of the molecule is CCc1csc(CNS(=O)(=O)c2ccc(NS(=O)(=O)N(C)C)cc2)n1. The molecule has 0 radical (unpaired) electrons. The molecule has 0 saturated carbocycles. The van der Waals surface area contributed by atoms with Crippen LogP contribution in [0.3, 0.4) is 0 Å². The van der Waals surface area contributed by atoms with Crippen molar-refractivity contribution in [2.45, 2.75) is 24.8 Å². The average Bonchev–Trinajstić information content (AvgIpc) is 3.01. The summed E-state index contributed by atoms with van der Waals surface area (Å²) in [6.07, 6.45) is 0.799. The summed E-state index contributed by atoms with van der Waals surface area (Å²) in [7, 11) is -4.55. The molecule has 0 amide bonds. The van der Waals surface area contributed by atoms with Crippen molar-refractivity contribution in [3.05, 3.63) is 40.3 Å². The minimum atomic E-state index is -3.70. The third kappa shape index (κ3) is 5.22.